The molecule has 4 heteroatoms. The highest BCUT2D eigenvalue weighted by Gasteiger charge is 2.15. The lowest BCUT2D eigenvalue weighted by atomic mass is 9.87. The number of hydrogen-bond acceptors (Lipinski definition) is 4. The lowest BCUT2D eigenvalue weighted by Gasteiger charge is -2.18. The minimum absolute atomic E-state index is 0.0445. The normalized spacial score (nSPS) is 11.5. The lowest BCUT2D eigenvalue weighted by Crippen LogP contribution is -2.12. The van der Waals surface area contributed by atoms with Crippen molar-refractivity contribution in [2.75, 3.05) is 6.61 Å². The number of ether oxygens (including phenoxy) is 2. The predicted octanol–water partition coefficient (Wildman–Crippen LogP) is 7.52. The number of unbranched alkanes of at least 4 members (excludes halogenated alkanes) is 2. The molecule has 172 valence electrons. The van der Waals surface area contributed by atoms with Crippen LogP contribution in [0.15, 0.2) is 77.8 Å². The maximum Gasteiger partial charge on any atom is 0.343 e. The average molecular weight is 444 g/mol. The SMILES string of the molecule is CCCCCOc1ccc(C=Nc2ccc(OC(=O)c3ccc(C(C)(C)C)cc3)cc2)cc1. The smallest absolute Gasteiger partial charge is 0.343 e. The average Bonchev–Trinajstić information content (AvgIpc) is 2.82. The fraction of sp³-hybridized carbons (Fsp3) is 0.310. The Bertz CT molecular complexity index is 1040. The first kappa shape index (κ1) is 24.2. The summed E-state index contributed by atoms with van der Waals surface area (Å²) in [5.41, 5.74) is 3.52. The number of carbonyl (C=O) groups excluding carboxylic acids is 1. The van der Waals surface area contributed by atoms with Crippen LogP contribution in [0.3, 0.4) is 0 Å². The monoisotopic (exact) mass is 443 g/mol. The van der Waals surface area contributed by atoms with Gasteiger partial charge in [-0.05, 0) is 83.6 Å². The summed E-state index contributed by atoms with van der Waals surface area (Å²) >= 11 is 0. The molecule has 4 nitrogen and oxygen atoms in total. The maximum atomic E-state index is 12.4. The molecule has 0 aliphatic heterocycles. The second-order valence-electron chi connectivity index (χ2n) is 9.09. The molecule has 0 aromatic heterocycles. The van der Waals surface area contributed by atoms with Gasteiger partial charge in [-0.15, -0.1) is 0 Å². The van der Waals surface area contributed by atoms with E-state index in [4.69, 9.17) is 9.47 Å². The number of aliphatic imine (C=N–C) groups is 1. The number of benzene rings is 3. The second-order valence-corrected chi connectivity index (χ2v) is 9.09. The van der Waals surface area contributed by atoms with Crippen molar-refractivity contribution in [3.63, 3.8) is 0 Å². The Balaban J connectivity index is 1.53. The molecule has 3 rings (SSSR count). The number of nitrogens with zero attached hydrogens (tertiary/aromatic N) is 1. The molecule has 0 spiro atoms. The van der Waals surface area contributed by atoms with E-state index in [0.29, 0.717) is 11.3 Å². The fourth-order valence-corrected chi connectivity index (χ4v) is 3.21. The molecule has 0 bridgehead atoms. The van der Waals surface area contributed by atoms with Gasteiger partial charge in [0.1, 0.15) is 11.5 Å². The summed E-state index contributed by atoms with van der Waals surface area (Å²) in [6.07, 6.45) is 5.26. The minimum atomic E-state index is -0.372. The van der Waals surface area contributed by atoms with Crippen molar-refractivity contribution >= 4 is 17.9 Å². The molecule has 0 atom stereocenters. The minimum Gasteiger partial charge on any atom is -0.494 e. The van der Waals surface area contributed by atoms with Crippen molar-refractivity contribution in [3.05, 3.63) is 89.5 Å². The van der Waals surface area contributed by atoms with Gasteiger partial charge in [-0.2, -0.15) is 0 Å². The van der Waals surface area contributed by atoms with Crippen LogP contribution < -0.4 is 9.47 Å². The molecule has 0 N–H and O–H groups in total. The van der Waals surface area contributed by atoms with Gasteiger partial charge in [-0.25, -0.2) is 4.79 Å². The molecule has 0 aliphatic carbocycles. The Hall–Kier alpha value is -3.40. The molecular weight excluding hydrogens is 410 g/mol. The van der Waals surface area contributed by atoms with Crippen LogP contribution in [0.2, 0.25) is 0 Å². The Morgan fingerprint density at radius 2 is 1.48 bits per heavy atom. The molecule has 0 fully saturated rings. The van der Waals surface area contributed by atoms with E-state index >= 15 is 0 Å². The van der Waals surface area contributed by atoms with Gasteiger partial charge in [-0.1, -0.05) is 52.7 Å². The van der Waals surface area contributed by atoms with Crippen LogP contribution in [-0.2, 0) is 5.41 Å². The van der Waals surface area contributed by atoms with Crippen molar-refractivity contribution in [3.8, 4) is 11.5 Å². The summed E-state index contributed by atoms with van der Waals surface area (Å²) < 4.78 is 11.2. The molecular formula is C29H33NO3. The number of hydrogen-bond donors (Lipinski definition) is 0. The number of carbonyl (C=O) groups is 1. The van der Waals surface area contributed by atoms with Crippen molar-refractivity contribution in [2.24, 2.45) is 4.99 Å². The van der Waals surface area contributed by atoms with Crippen LogP contribution in [0.4, 0.5) is 5.69 Å². The van der Waals surface area contributed by atoms with Crippen molar-refractivity contribution < 1.29 is 14.3 Å². The summed E-state index contributed by atoms with van der Waals surface area (Å²) in [6, 6.07) is 22.6. The molecule has 0 saturated carbocycles. The van der Waals surface area contributed by atoms with Crippen LogP contribution in [-0.4, -0.2) is 18.8 Å². The van der Waals surface area contributed by atoms with Crippen molar-refractivity contribution in [2.45, 2.75) is 52.4 Å². The highest BCUT2D eigenvalue weighted by Crippen LogP contribution is 2.23. The Kier molecular flexibility index (Phi) is 8.42. The van der Waals surface area contributed by atoms with E-state index in [1.807, 2.05) is 60.7 Å². The Labute approximate surface area is 197 Å². The summed E-state index contributed by atoms with van der Waals surface area (Å²) in [6.45, 7) is 9.36. The summed E-state index contributed by atoms with van der Waals surface area (Å²) in [7, 11) is 0. The van der Waals surface area contributed by atoms with E-state index in [-0.39, 0.29) is 11.4 Å². The van der Waals surface area contributed by atoms with E-state index in [1.165, 1.54) is 18.4 Å². The van der Waals surface area contributed by atoms with Gasteiger partial charge < -0.3 is 9.47 Å². The highest BCUT2D eigenvalue weighted by molar-refractivity contribution is 5.91. The third-order valence-electron chi connectivity index (χ3n) is 5.29. The molecule has 0 heterocycles. The maximum absolute atomic E-state index is 12.4. The molecule has 0 aliphatic rings. The van der Waals surface area contributed by atoms with E-state index in [1.54, 1.807) is 18.3 Å². The zero-order valence-corrected chi connectivity index (χ0v) is 20.0. The molecule has 0 saturated heterocycles. The molecule has 0 amide bonds. The third kappa shape index (κ3) is 7.60. The first-order valence-electron chi connectivity index (χ1n) is 11.5. The quantitative estimate of drug-likeness (QED) is 0.149. The standard InChI is InChI=1S/C29H33NO3/c1-5-6-7-20-32-26-16-8-22(9-17-26)21-30-25-14-18-27(19-15-25)33-28(31)23-10-12-24(13-11-23)29(2,3)4/h8-19,21H,5-7,20H2,1-4H3. The zero-order chi connectivity index (χ0) is 23.7. The number of rotatable bonds is 9. The fourth-order valence-electron chi connectivity index (χ4n) is 3.21. The highest BCUT2D eigenvalue weighted by atomic mass is 16.5. The van der Waals surface area contributed by atoms with Crippen molar-refractivity contribution in [1.82, 2.24) is 0 Å². The van der Waals surface area contributed by atoms with Gasteiger partial charge in [0.05, 0.1) is 17.9 Å². The van der Waals surface area contributed by atoms with Gasteiger partial charge in [0, 0.05) is 6.21 Å². The van der Waals surface area contributed by atoms with Gasteiger partial charge >= 0.3 is 5.97 Å². The topological polar surface area (TPSA) is 47.9 Å². The number of esters is 1. The van der Waals surface area contributed by atoms with Crippen LogP contribution in [0, 0.1) is 0 Å². The molecule has 0 unspecified atom stereocenters. The van der Waals surface area contributed by atoms with Crippen LogP contribution in [0.1, 0.15) is 68.4 Å². The van der Waals surface area contributed by atoms with Crippen LogP contribution in [0.5, 0.6) is 11.5 Å². The van der Waals surface area contributed by atoms with Gasteiger partial charge in [0.25, 0.3) is 0 Å². The van der Waals surface area contributed by atoms with Gasteiger partial charge in [0.2, 0.25) is 0 Å². The lowest BCUT2D eigenvalue weighted by molar-refractivity contribution is 0.0734. The largest absolute Gasteiger partial charge is 0.494 e. The summed E-state index contributed by atoms with van der Waals surface area (Å²) in [4.78, 5) is 16.9. The summed E-state index contributed by atoms with van der Waals surface area (Å²) in [5.74, 6) is 0.995. The van der Waals surface area contributed by atoms with Gasteiger partial charge in [-0.3, -0.25) is 4.99 Å². The first-order chi connectivity index (χ1) is 15.8. The van der Waals surface area contributed by atoms with Gasteiger partial charge in [0.15, 0.2) is 0 Å². The molecule has 3 aromatic rings. The molecule has 0 radical (unpaired) electrons. The molecule has 3 aromatic carbocycles. The Morgan fingerprint density at radius 3 is 2.09 bits per heavy atom. The Morgan fingerprint density at radius 1 is 0.848 bits per heavy atom. The van der Waals surface area contributed by atoms with E-state index in [0.717, 1.165) is 30.0 Å². The predicted molar refractivity (Wildman–Crippen MR) is 135 cm³/mol. The third-order valence-corrected chi connectivity index (χ3v) is 5.29. The van der Waals surface area contributed by atoms with Crippen LogP contribution in [0.25, 0.3) is 0 Å². The van der Waals surface area contributed by atoms with E-state index in [2.05, 4.69) is 32.7 Å². The van der Waals surface area contributed by atoms with Crippen molar-refractivity contribution in [1.29, 1.82) is 0 Å². The van der Waals surface area contributed by atoms with E-state index < -0.39 is 0 Å². The second kappa shape index (κ2) is 11.5. The van der Waals surface area contributed by atoms with E-state index in [9.17, 15) is 4.79 Å². The zero-order valence-electron chi connectivity index (χ0n) is 20.0. The first-order valence-corrected chi connectivity index (χ1v) is 11.5. The van der Waals surface area contributed by atoms with Crippen LogP contribution >= 0.6 is 0 Å². The summed E-state index contributed by atoms with van der Waals surface area (Å²) in [5, 5.41) is 0. The molecule has 33 heavy (non-hydrogen) atoms.